The zero-order chi connectivity index (χ0) is 20.6. The molecule has 1 heterocycles. The zero-order valence-corrected chi connectivity index (χ0v) is 16.1. The number of halogens is 3. The number of alkyl halides is 3. The highest BCUT2D eigenvalue weighted by molar-refractivity contribution is 7.15. The normalized spacial score (nSPS) is 19.6. The van der Waals surface area contributed by atoms with Gasteiger partial charge < -0.3 is 4.74 Å². The van der Waals surface area contributed by atoms with Gasteiger partial charge in [-0.2, -0.15) is 0 Å². The number of carbonyl (C=O) groups is 1. The fourth-order valence-electron chi connectivity index (χ4n) is 3.84. The number of thiophene rings is 1. The maximum atomic E-state index is 13.1. The predicted molar refractivity (Wildman–Crippen MR) is 107 cm³/mol. The van der Waals surface area contributed by atoms with Gasteiger partial charge in [-0.15, -0.1) is 24.5 Å². The van der Waals surface area contributed by atoms with Gasteiger partial charge in [0.05, 0.1) is 5.41 Å². The lowest BCUT2D eigenvalue weighted by Gasteiger charge is -2.26. The van der Waals surface area contributed by atoms with Crippen LogP contribution in [0.2, 0.25) is 0 Å². The summed E-state index contributed by atoms with van der Waals surface area (Å²) in [6.07, 6.45) is -3.88. The first-order valence-electron chi connectivity index (χ1n) is 9.00. The summed E-state index contributed by atoms with van der Waals surface area (Å²) in [5, 5.41) is 0. The molecule has 0 bridgehead atoms. The Bertz CT molecular complexity index is 1070. The molecular formula is C23H17F3O2S. The predicted octanol–water partition coefficient (Wildman–Crippen LogP) is 6.52. The van der Waals surface area contributed by atoms with Crippen LogP contribution in [0.25, 0.3) is 10.4 Å². The van der Waals surface area contributed by atoms with Crippen LogP contribution in [0.3, 0.4) is 0 Å². The van der Waals surface area contributed by atoms with Crippen LogP contribution >= 0.6 is 11.3 Å². The van der Waals surface area contributed by atoms with Gasteiger partial charge in [0.15, 0.2) is 5.78 Å². The average molecular weight is 414 g/mol. The minimum atomic E-state index is -4.74. The molecule has 0 N–H and O–H groups in total. The second kappa shape index (κ2) is 7.19. The number of carbonyl (C=O) groups excluding carboxylic acids is 1. The van der Waals surface area contributed by atoms with Crippen LogP contribution in [0.4, 0.5) is 13.2 Å². The average Bonchev–Trinajstić information content (AvgIpc) is 3.26. The highest BCUT2D eigenvalue weighted by atomic mass is 32.1. The third-order valence-electron chi connectivity index (χ3n) is 5.05. The number of hydrogen-bond acceptors (Lipinski definition) is 3. The molecule has 148 valence electrons. The van der Waals surface area contributed by atoms with Gasteiger partial charge >= 0.3 is 6.36 Å². The van der Waals surface area contributed by atoms with Crippen LogP contribution in [-0.4, -0.2) is 12.1 Å². The second-order valence-corrected chi connectivity index (χ2v) is 8.12. The molecular weight excluding hydrogens is 397 g/mol. The standard InChI is InChI=1S/C23H17F3O2S/c1-15-12-20(27)22(14-15,17-7-3-2-4-8-17)21-11-10-19(29-21)16-6-5-9-18(13-16)28-23(24,25)26/h2-11,13H,1,12,14H2/t22-/m0/s1. The lowest BCUT2D eigenvalue weighted by molar-refractivity contribution is -0.274. The van der Waals surface area contributed by atoms with Gasteiger partial charge in [-0.05, 0) is 41.8 Å². The van der Waals surface area contributed by atoms with Crippen molar-refractivity contribution >= 4 is 17.1 Å². The fraction of sp³-hybridized carbons (Fsp3) is 0.174. The van der Waals surface area contributed by atoms with Gasteiger partial charge in [0.25, 0.3) is 0 Å². The Morgan fingerprint density at radius 2 is 1.76 bits per heavy atom. The van der Waals surface area contributed by atoms with Crippen LogP contribution in [-0.2, 0) is 10.2 Å². The van der Waals surface area contributed by atoms with Crippen LogP contribution in [0.1, 0.15) is 23.3 Å². The minimum Gasteiger partial charge on any atom is -0.406 e. The van der Waals surface area contributed by atoms with Crippen molar-refractivity contribution in [3.63, 3.8) is 0 Å². The first-order chi connectivity index (χ1) is 13.8. The summed E-state index contributed by atoms with van der Waals surface area (Å²) in [5.74, 6) is -0.177. The van der Waals surface area contributed by atoms with E-state index in [1.54, 1.807) is 6.07 Å². The molecule has 1 aromatic heterocycles. The lowest BCUT2D eigenvalue weighted by Crippen LogP contribution is -2.31. The molecule has 2 nitrogen and oxygen atoms in total. The van der Waals surface area contributed by atoms with Gasteiger partial charge in [-0.25, -0.2) is 0 Å². The molecule has 0 unspecified atom stereocenters. The summed E-state index contributed by atoms with van der Waals surface area (Å²) in [6.45, 7) is 4.02. The molecule has 1 aliphatic carbocycles. The number of ketones is 1. The smallest absolute Gasteiger partial charge is 0.406 e. The Morgan fingerprint density at radius 3 is 2.41 bits per heavy atom. The first kappa shape index (κ1) is 19.5. The van der Waals surface area contributed by atoms with Crippen LogP contribution in [0.15, 0.2) is 78.9 Å². The first-order valence-corrected chi connectivity index (χ1v) is 9.81. The van der Waals surface area contributed by atoms with Gasteiger partial charge in [0, 0.05) is 16.2 Å². The van der Waals surface area contributed by atoms with Crippen LogP contribution in [0, 0.1) is 0 Å². The van der Waals surface area contributed by atoms with Gasteiger partial charge in [-0.3, -0.25) is 4.79 Å². The van der Waals surface area contributed by atoms with E-state index in [2.05, 4.69) is 11.3 Å². The molecule has 0 spiro atoms. The van der Waals surface area contributed by atoms with Crippen LogP contribution in [0.5, 0.6) is 5.75 Å². The highest BCUT2D eigenvalue weighted by Gasteiger charge is 2.47. The van der Waals surface area contributed by atoms with E-state index in [-0.39, 0.29) is 11.5 Å². The molecule has 4 rings (SSSR count). The number of ether oxygens (including phenoxy) is 1. The summed E-state index contributed by atoms with van der Waals surface area (Å²) < 4.78 is 41.6. The molecule has 0 amide bonds. The largest absolute Gasteiger partial charge is 0.573 e. The van der Waals surface area contributed by atoms with E-state index in [1.165, 1.54) is 29.5 Å². The van der Waals surface area contributed by atoms with E-state index in [0.29, 0.717) is 18.4 Å². The maximum Gasteiger partial charge on any atom is 0.573 e. The Balaban J connectivity index is 1.75. The topological polar surface area (TPSA) is 26.3 Å². The van der Waals surface area contributed by atoms with Crippen molar-refractivity contribution in [3.8, 4) is 16.2 Å². The molecule has 2 aromatic carbocycles. The quantitative estimate of drug-likeness (QED) is 0.455. The van der Waals surface area contributed by atoms with Gasteiger partial charge in [-0.1, -0.05) is 54.6 Å². The zero-order valence-electron chi connectivity index (χ0n) is 15.3. The van der Waals surface area contributed by atoms with Crippen molar-refractivity contribution in [1.82, 2.24) is 0 Å². The number of hydrogen-bond donors (Lipinski definition) is 0. The van der Waals surface area contributed by atoms with Crippen molar-refractivity contribution in [2.24, 2.45) is 0 Å². The summed E-state index contributed by atoms with van der Waals surface area (Å²) >= 11 is 1.41. The number of benzene rings is 2. The van der Waals surface area contributed by atoms with E-state index in [1.807, 2.05) is 42.5 Å². The SMILES string of the molecule is C=C1CC(=O)[C@](c2ccccc2)(c2ccc(-c3cccc(OC(F)(F)F)c3)s2)C1. The lowest BCUT2D eigenvalue weighted by atomic mass is 9.76. The minimum absolute atomic E-state index is 0.0938. The molecule has 0 aliphatic heterocycles. The van der Waals surface area contributed by atoms with Crippen molar-refractivity contribution in [3.05, 3.63) is 89.3 Å². The Morgan fingerprint density at radius 1 is 1.00 bits per heavy atom. The van der Waals surface area contributed by atoms with Gasteiger partial charge in [0.2, 0.25) is 0 Å². The van der Waals surface area contributed by atoms with Crippen molar-refractivity contribution in [2.45, 2.75) is 24.6 Å². The number of rotatable bonds is 4. The highest BCUT2D eigenvalue weighted by Crippen LogP contribution is 2.49. The van der Waals surface area contributed by atoms with Crippen molar-refractivity contribution in [1.29, 1.82) is 0 Å². The van der Waals surface area contributed by atoms with E-state index < -0.39 is 11.8 Å². The Kier molecular flexibility index (Phi) is 4.82. The molecule has 6 heteroatoms. The Labute approximate surface area is 170 Å². The van der Waals surface area contributed by atoms with E-state index in [0.717, 1.165) is 20.9 Å². The molecule has 1 fully saturated rings. The molecule has 3 aromatic rings. The fourth-order valence-corrected chi connectivity index (χ4v) is 5.07. The summed E-state index contributed by atoms with van der Waals surface area (Å²) in [6, 6.07) is 19.2. The van der Waals surface area contributed by atoms with E-state index in [9.17, 15) is 18.0 Å². The molecule has 0 radical (unpaired) electrons. The maximum absolute atomic E-state index is 13.1. The van der Waals surface area contributed by atoms with E-state index >= 15 is 0 Å². The third kappa shape index (κ3) is 3.72. The third-order valence-corrected chi connectivity index (χ3v) is 6.34. The van der Waals surface area contributed by atoms with Gasteiger partial charge in [0.1, 0.15) is 5.75 Å². The summed E-state index contributed by atoms with van der Waals surface area (Å²) in [5.41, 5.74) is 1.61. The van der Waals surface area contributed by atoms with Crippen LogP contribution < -0.4 is 4.74 Å². The summed E-state index contributed by atoms with van der Waals surface area (Å²) in [4.78, 5) is 14.7. The molecule has 0 saturated heterocycles. The second-order valence-electron chi connectivity index (χ2n) is 7.04. The number of Topliss-reactive ketones (excluding diaryl/α,β-unsaturated/α-hetero) is 1. The van der Waals surface area contributed by atoms with Crippen molar-refractivity contribution in [2.75, 3.05) is 0 Å². The van der Waals surface area contributed by atoms with Crippen molar-refractivity contribution < 1.29 is 22.7 Å². The monoisotopic (exact) mass is 414 g/mol. The molecule has 1 aliphatic rings. The number of allylic oxidation sites excluding steroid dienone is 1. The summed E-state index contributed by atoms with van der Waals surface area (Å²) in [7, 11) is 0. The molecule has 1 atom stereocenters. The Hall–Kier alpha value is -2.86. The van der Waals surface area contributed by atoms with E-state index in [4.69, 9.17) is 0 Å². The molecule has 29 heavy (non-hydrogen) atoms. The molecule has 1 saturated carbocycles.